The summed E-state index contributed by atoms with van der Waals surface area (Å²) in [4.78, 5) is 0. The quantitative estimate of drug-likeness (QED) is 0.694. The van der Waals surface area contributed by atoms with Crippen LogP contribution in [-0.2, 0) is 13.7 Å². The van der Waals surface area contributed by atoms with Crippen LogP contribution in [-0.4, -0.2) is 24.3 Å². The van der Waals surface area contributed by atoms with Gasteiger partial charge in [-0.15, -0.1) is 0 Å². The predicted octanol–water partition coefficient (Wildman–Crippen LogP) is 2.87. The van der Waals surface area contributed by atoms with Crippen LogP contribution in [0.4, 0.5) is 0 Å². The van der Waals surface area contributed by atoms with E-state index in [9.17, 15) is 0 Å². The van der Waals surface area contributed by atoms with Gasteiger partial charge >= 0.3 is 0 Å². The van der Waals surface area contributed by atoms with E-state index in [1.165, 1.54) is 18.5 Å². The van der Waals surface area contributed by atoms with Crippen LogP contribution >= 0.6 is 12.0 Å². The second-order valence-corrected chi connectivity index (χ2v) is 5.22. The summed E-state index contributed by atoms with van der Waals surface area (Å²) >= 11 is 1.48. The van der Waals surface area contributed by atoms with Crippen LogP contribution in [0.3, 0.4) is 0 Å². The molecule has 2 aliphatic rings. The molecule has 2 rings (SSSR count). The summed E-state index contributed by atoms with van der Waals surface area (Å²) in [6, 6.07) is 0. The summed E-state index contributed by atoms with van der Waals surface area (Å²) in [7, 11) is 0. The van der Waals surface area contributed by atoms with Gasteiger partial charge in [0.2, 0.25) is 0 Å². The SMILES string of the molecule is C=C1CC(C(C)SOC2CCCCO2)O1. The first-order valence-electron chi connectivity index (χ1n) is 5.54. The zero-order valence-electron chi connectivity index (χ0n) is 9.11. The van der Waals surface area contributed by atoms with E-state index in [1.807, 2.05) is 0 Å². The Morgan fingerprint density at radius 3 is 2.93 bits per heavy atom. The molecule has 0 aromatic rings. The minimum atomic E-state index is -0.0190. The molecule has 86 valence electrons. The molecule has 0 spiro atoms. The van der Waals surface area contributed by atoms with E-state index in [4.69, 9.17) is 13.7 Å². The molecule has 0 aliphatic carbocycles. The summed E-state index contributed by atoms with van der Waals surface area (Å²) in [6.45, 7) is 6.69. The summed E-state index contributed by atoms with van der Waals surface area (Å²) in [5, 5.41) is 0.348. The maximum Gasteiger partial charge on any atom is 0.170 e. The molecule has 3 atom stereocenters. The Labute approximate surface area is 95.4 Å². The molecule has 0 amide bonds. The van der Waals surface area contributed by atoms with Crippen molar-refractivity contribution in [3.63, 3.8) is 0 Å². The minimum Gasteiger partial charge on any atom is -0.494 e. The highest BCUT2D eigenvalue weighted by Crippen LogP contribution is 2.33. The van der Waals surface area contributed by atoms with Crippen LogP contribution in [0, 0.1) is 0 Å². The van der Waals surface area contributed by atoms with Crippen molar-refractivity contribution in [2.75, 3.05) is 6.61 Å². The van der Waals surface area contributed by atoms with Crippen LogP contribution in [0.2, 0.25) is 0 Å². The van der Waals surface area contributed by atoms with E-state index in [0.717, 1.165) is 31.6 Å². The first-order valence-corrected chi connectivity index (χ1v) is 6.34. The lowest BCUT2D eigenvalue weighted by Crippen LogP contribution is -2.33. The number of ether oxygens (including phenoxy) is 2. The average molecular weight is 230 g/mol. The molecule has 4 heteroatoms. The molecule has 0 aromatic heterocycles. The van der Waals surface area contributed by atoms with Crippen molar-refractivity contribution in [1.29, 1.82) is 0 Å². The van der Waals surface area contributed by atoms with Gasteiger partial charge in [-0.25, -0.2) is 0 Å². The molecule has 0 saturated carbocycles. The summed E-state index contributed by atoms with van der Waals surface area (Å²) < 4.78 is 16.5. The monoisotopic (exact) mass is 230 g/mol. The Bertz CT molecular complexity index is 218. The van der Waals surface area contributed by atoms with Gasteiger partial charge in [-0.3, -0.25) is 4.18 Å². The fourth-order valence-corrected chi connectivity index (χ4v) is 2.42. The highest BCUT2D eigenvalue weighted by Gasteiger charge is 2.30. The van der Waals surface area contributed by atoms with Gasteiger partial charge in [-0.2, -0.15) is 0 Å². The highest BCUT2D eigenvalue weighted by molar-refractivity contribution is 7.95. The lowest BCUT2D eigenvalue weighted by molar-refractivity contribution is -0.0969. The number of hydrogen-bond donors (Lipinski definition) is 0. The van der Waals surface area contributed by atoms with Gasteiger partial charge in [0.1, 0.15) is 6.10 Å². The van der Waals surface area contributed by atoms with Crippen molar-refractivity contribution >= 4 is 12.0 Å². The summed E-state index contributed by atoms with van der Waals surface area (Å²) in [6.07, 6.45) is 4.59. The van der Waals surface area contributed by atoms with Crippen molar-refractivity contribution in [2.24, 2.45) is 0 Å². The molecule has 3 unspecified atom stereocenters. The molecule has 0 bridgehead atoms. The first-order chi connectivity index (χ1) is 7.25. The predicted molar refractivity (Wildman–Crippen MR) is 60.4 cm³/mol. The molecule has 2 fully saturated rings. The average Bonchev–Trinajstić information content (AvgIpc) is 2.23. The maximum absolute atomic E-state index is 5.62. The topological polar surface area (TPSA) is 27.7 Å². The van der Waals surface area contributed by atoms with Gasteiger partial charge in [0.25, 0.3) is 0 Å². The Morgan fingerprint density at radius 1 is 1.53 bits per heavy atom. The summed E-state index contributed by atoms with van der Waals surface area (Å²) in [5.41, 5.74) is 0. The van der Waals surface area contributed by atoms with E-state index in [0.29, 0.717) is 5.25 Å². The van der Waals surface area contributed by atoms with Gasteiger partial charge in [-0.05, 0) is 26.2 Å². The van der Waals surface area contributed by atoms with E-state index < -0.39 is 0 Å². The van der Waals surface area contributed by atoms with Crippen LogP contribution in [0.25, 0.3) is 0 Å². The van der Waals surface area contributed by atoms with Crippen LogP contribution in [0.5, 0.6) is 0 Å². The zero-order valence-corrected chi connectivity index (χ0v) is 9.92. The third-order valence-electron chi connectivity index (χ3n) is 2.72. The Morgan fingerprint density at radius 2 is 2.33 bits per heavy atom. The third kappa shape index (κ3) is 3.13. The Hall–Kier alpha value is -0.190. The fourth-order valence-electron chi connectivity index (χ4n) is 1.69. The molecule has 0 aromatic carbocycles. The molecular weight excluding hydrogens is 212 g/mol. The molecular formula is C11H18O3S. The lowest BCUT2D eigenvalue weighted by Gasteiger charge is -2.34. The van der Waals surface area contributed by atoms with Gasteiger partial charge in [-0.1, -0.05) is 6.58 Å². The Kier molecular flexibility index (Phi) is 3.94. The largest absolute Gasteiger partial charge is 0.494 e. The van der Waals surface area contributed by atoms with Gasteiger partial charge < -0.3 is 9.47 Å². The van der Waals surface area contributed by atoms with Gasteiger partial charge in [0.15, 0.2) is 6.29 Å². The minimum absolute atomic E-state index is 0.0190. The normalized spacial score (nSPS) is 33.0. The number of rotatable bonds is 4. The Balaban J connectivity index is 1.62. The molecule has 2 saturated heterocycles. The van der Waals surface area contributed by atoms with Crippen molar-refractivity contribution in [2.45, 2.75) is 50.3 Å². The molecule has 15 heavy (non-hydrogen) atoms. The van der Waals surface area contributed by atoms with Crippen LogP contribution in [0.1, 0.15) is 32.6 Å². The summed E-state index contributed by atoms with van der Waals surface area (Å²) in [5.74, 6) is 0.890. The van der Waals surface area contributed by atoms with Crippen molar-refractivity contribution in [1.82, 2.24) is 0 Å². The van der Waals surface area contributed by atoms with Crippen molar-refractivity contribution < 1.29 is 13.7 Å². The van der Waals surface area contributed by atoms with Crippen LogP contribution in [0.15, 0.2) is 12.3 Å². The second-order valence-electron chi connectivity index (χ2n) is 4.09. The van der Waals surface area contributed by atoms with Crippen molar-refractivity contribution in [3.8, 4) is 0 Å². The van der Waals surface area contributed by atoms with E-state index in [1.54, 1.807) is 0 Å². The molecule has 0 radical (unpaired) electrons. The van der Waals surface area contributed by atoms with E-state index >= 15 is 0 Å². The van der Waals surface area contributed by atoms with E-state index in [2.05, 4.69) is 13.5 Å². The third-order valence-corrected chi connectivity index (χ3v) is 3.66. The van der Waals surface area contributed by atoms with Gasteiger partial charge in [0.05, 0.1) is 11.0 Å². The molecule has 2 aliphatic heterocycles. The second kappa shape index (κ2) is 5.23. The van der Waals surface area contributed by atoms with E-state index in [-0.39, 0.29) is 12.4 Å². The van der Waals surface area contributed by atoms with Crippen LogP contribution < -0.4 is 0 Å². The molecule has 0 N–H and O–H groups in total. The molecule has 2 heterocycles. The zero-order chi connectivity index (χ0) is 10.7. The highest BCUT2D eigenvalue weighted by atomic mass is 32.2. The van der Waals surface area contributed by atoms with Crippen molar-refractivity contribution in [3.05, 3.63) is 12.3 Å². The first kappa shape index (κ1) is 11.3. The lowest BCUT2D eigenvalue weighted by atomic mass is 10.1. The molecule has 3 nitrogen and oxygen atoms in total. The van der Waals surface area contributed by atoms with Gasteiger partial charge in [0, 0.05) is 25.1 Å². The number of hydrogen-bond acceptors (Lipinski definition) is 4. The maximum atomic E-state index is 5.62. The fraction of sp³-hybridized carbons (Fsp3) is 0.818. The smallest absolute Gasteiger partial charge is 0.170 e. The standard InChI is InChI=1S/C11H18O3S/c1-8-7-10(13-8)9(2)15-14-11-5-3-4-6-12-11/h9-11H,1,3-7H2,2H3.